The number of carbonyl (C=O) groups is 1. The fourth-order valence-electron chi connectivity index (χ4n) is 4.86. The fourth-order valence-corrected chi connectivity index (χ4v) is 4.86. The second-order valence-corrected chi connectivity index (χ2v) is 8.75. The van der Waals surface area contributed by atoms with E-state index in [1.807, 2.05) is 35.2 Å². The highest BCUT2D eigenvalue weighted by Gasteiger charge is 2.33. The van der Waals surface area contributed by atoms with Gasteiger partial charge in [-0.25, -0.2) is 0 Å². The van der Waals surface area contributed by atoms with E-state index >= 15 is 0 Å². The molecule has 2 fully saturated rings. The Morgan fingerprint density at radius 2 is 1.52 bits per heavy atom. The van der Waals surface area contributed by atoms with Crippen molar-refractivity contribution in [3.63, 3.8) is 0 Å². The molecule has 1 unspecified atom stereocenters. The van der Waals surface area contributed by atoms with Crippen LogP contribution in [0.4, 0.5) is 0 Å². The van der Waals surface area contributed by atoms with Crippen LogP contribution in [0.2, 0.25) is 0 Å². The van der Waals surface area contributed by atoms with Crippen molar-refractivity contribution in [1.29, 1.82) is 0 Å². The number of hydrogen-bond acceptors (Lipinski definition) is 6. The Bertz CT molecular complexity index is 926. The number of ether oxygens (including phenoxy) is 3. The molecule has 2 aliphatic rings. The number of benzene rings is 2. The third-order valence-corrected chi connectivity index (χ3v) is 6.76. The van der Waals surface area contributed by atoms with Crippen LogP contribution in [0.5, 0.6) is 17.2 Å². The Labute approximate surface area is 196 Å². The van der Waals surface area contributed by atoms with Gasteiger partial charge < -0.3 is 19.1 Å². The van der Waals surface area contributed by atoms with Crippen molar-refractivity contribution in [3.05, 3.63) is 53.6 Å². The first-order valence-corrected chi connectivity index (χ1v) is 11.7. The Morgan fingerprint density at radius 3 is 2.18 bits per heavy atom. The number of carbonyl (C=O) groups excluding carboxylic acids is 1. The molecule has 2 heterocycles. The average Bonchev–Trinajstić information content (AvgIpc) is 3.35. The highest BCUT2D eigenvalue weighted by molar-refractivity contribution is 5.79. The maximum atomic E-state index is 13.2. The summed E-state index contributed by atoms with van der Waals surface area (Å²) in [4.78, 5) is 20.0. The average molecular weight is 454 g/mol. The molecule has 33 heavy (non-hydrogen) atoms. The molecule has 2 aromatic rings. The molecule has 2 saturated heterocycles. The van der Waals surface area contributed by atoms with Crippen LogP contribution in [0.25, 0.3) is 0 Å². The summed E-state index contributed by atoms with van der Waals surface area (Å²) in [6.45, 7) is 5.96. The molecule has 2 aliphatic heterocycles. The molecular weight excluding hydrogens is 418 g/mol. The topological polar surface area (TPSA) is 54.5 Å². The summed E-state index contributed by atoms with van der Waals surface area (Å²) < 4.78 is 16.2. The molecule has 0 radical (unpaired) electrons. The molecule has 4 rings (SSSR count). The first-order valence-electron chi connectivity index (χ1n) is 11.7. The van der Waals surface area contributed by atoms with Gasteiger partial charge in [0.15, 0.2) is 0 Å². The number of nitrogens with zero attached hydrogens (tertiary/aromatic N) is 3. The van der Waals surface area contributed by atoms with Crippen molar-refractivity contribution < 1.29 is 19.0 Å². The predicted molar refractivity (Wildman–Crippen MR) is 128 cm³/mol. The number of amides is 1. The minimum absolute atomic E-state index is 0.0646. The molecule has 0 aromatic heterocycles. The van der Waals surface area contributed by atoms with Gasteiger partial charge in [-0.1, -0.05) is 12.1 Å². The molecule has 7 nitrogen and oxygen atoms in total. The highest BCUT2D eigenvalue weighted by atomic mass is 16.5. The van der Waals surface area contributed by atoms with E-state index < -0.39 is 0 Å². The van der Waals surface area contributed by atoms with Crippen LogP contribution in [0, 0.1) is 0 Å². The normalized spacial score (nSPS) is 19.5. The van der Waals surface area contributed by atoms with E-state index in [2.05, 4.69) is 21.9 Å². The van der Waals surface area contributed by atoms with Crippen LogP contribution in [0.15, 0.2) is 42.5 Å². The molecule has 0 saturated carbocycles. The Kier molecular flexibility index (Phi) is 7.73. The standard InChI is InChI=1S/C26H35N3O4/c1-31-21-8-6-20(7-9-21)18-27-13-15-28(16-14-27)19-26(30)29-12-4-5-24(29)23-11-10-22(32-2)17-25(23)33-3/h6-11,17,24H,4-5,12-16,18-19H2,1-3H3. The summed E-state index contributed by atoms with van der Waals surface area (Å²) in [7, 11) is 5.01. The second kappa shape index (κ2) is 10.9. The van der Waals surface area contributed by atoms with Crippen molar-refractivity contribution in [2.24, 2.45) is 0 Å². The SMILES string of the molecule is COc1ccc(CN2CCN(CC(=O)N3CCCC3c3ccc(OC)cc3OC)CC2)cc1. The van der Waals surface area contributed by atoms with Crippen molar-refractivity contribution in [3.8, 4) is 17.2 Å². The van der Waals surface area contributed by atoms with Gasteiger partial charge in [-0.15, -0.1) is 0 Å². The molecule has 0 aliphatic carbocycles. The van der Waals surface area contributed by atoms with Crippen LogP contribution in [0.1, 0.15) is 30.0 Å². The summed E-state index contributed by atoms with van der Waals surface area (Å²) in [5.41, 5.74) is 2.35. The molecule has 0 spiro atoms. The van der Waals surface area contributed by atoms with E-state index in [1.54, 1.807) is 21.3 Å². The number of rotatable bonds is 8. The van der Waals surface area contributed by atoms with Gasteiger partial charge in [-0.05, 0) is 42.7 Å². The van der Waals surface area contributed by atoms with Gasteiger partial charge in [-0.3, -0.25) is 14.6 Å². The zero-order chi connectivity index (χ0) is 23.2. The lowest BCUT2D eigenvalue weighted by atomic mass is 10.0. The maximum absolute atomic E-state index is 13.2. The van der Waals surface area contributed by atoms with E-state index in [1.165, 1.54) is 5.56 Å². The molecule has 2 aromatic carbocycles. The second-order valence-electron chi connectivity index (χ2n) is 8.75. The van der Waals surface area contributed by atoms with Crippen molar-refractivity contribution in [2.45, 2.75) is 25.4 Å². The summed E-state index contributed by atoms with van der Waals surface area (Å²) in [5, 5.41) is 0. The third kappa shape index (κ3) is 5.60. The highest BCUT2D eigenvalue weighted by Crippen LogP contribution is 2.38. The van der Waals surface area contributed by atoms with Crippen LogP contribution >= 0.6 is 0 Å². The maximum Gasteiger partial charge on any atom is 0.237 e. The Morgan fingerprint density at radius 1 is 0.848 bits per heavy atom. The van der Waals surface area contributed by atoms with Gasteiger partial charge in [0.1, 0.15) is 17.2 Å². The lowest BCUT2D eigenvalue weighted by Crippen LogP contribution is -2.49. The zero-order valence-corrected chi connectivity index (χ0v) is 20.0. The lowest BCUT2D eigenvalue weighted by molar-refractivity contribution is -0.133. The third-order valence-electron chi connectivity index (χ3n) is 6.76. The first-order chi connectivity index (χ1) is 16.1. The minimum atomic E-state index is 0.0646. The van der Waals surface area contributed by atoms with E-state index in [0.717, 1.165) is 74.9 Å². The lowest BCUT2D eigenvalue weighted by Gasteiger charge is -2.36. The van der Waals surface area contributed by atoms with Gasteiger partial charge in [0, 0.05) is 50.9 Å². The Balaban J connectivity index is 1.31. The summed E-state index contributed by atoms with van der Waals surface area (Å²) in [6.07, 6.45) is 1.98. The van der Waals surface area contributed by atoms with E-state index in [9.17, 15) is 4.79 Å². The number of methoxy groups -OCH3 is 3. The molecule has 1 amide bonds. The molecular formula is C26H35N3O4. The summed E-state index contributed by atoms with van der Waals surface area (Å²) in [5.74, 6) is 2.64. The fraction of sp³-hybridized carbons (Fsp3) is 0.500. The molecule has 1 atom stereocenters. The van der Waals surface area contributed by atoms with Crippen molar-refractivity contribution in [1.82, 2.24) is 14.7 Å². The van der Waals surface area contributed by atoms with Gasteiger partial charge >= 0.3 is 0 Å². The summed E-state index contributed by atoms with van der Waals surface area (Å²) >= 11 is 0. The van der Waals surface area contributed by atoms with Crippen molar-refractivity contribution >= 4 is 5.91 Å². The van der Waals surface area contributed by atoms with Crippen molar-refractivity contribution in [2.75, 3.05) is 60.6 Å². The van der Waals surface area contributed by atoms with Crippen LogP contribution in [0.3, 0.4) is 0 Å². The van der Waals surface area contributed by atoms with Gasteiger partial charge in [0.05, 0.1) is 33.9 Å². The van der Waals surface area contributed by atoms with Gasteiger partial charge in [-0.2, -0.15) is 0 Å². The van der Waals surface area contributed by atoms with Crippen LogP contribution < -0.4 is 14.2 Å². The van der Waals surface area contributed by atoms with E-state index in [4.69, 9.17) is 14.2 Å². The van der Waals surface area contributed by atoms with E-state index in [-0.39, 0.29) is 11.9 Å². The molecule has 0 N–H and O–H groups in total. The first kappa shape index (κ1) is 23.4. The van der Waals surface area contributed by atoms with Crippen LogP contribution in [-0.2, 0) is 11.3 Å². The quantitative estimate of drug-likeness (QED) is 0.612. The monoisotopic (exact) mass is 453 g/mol. The van der Waals surface area contributed by atoms with Gasteiger partial charge in [0.2, 0.25) is 5.91 Å². The Hall–Kier alpha value is -2.77. The largest absolute Gasteiger partial charge is 0.497 e. The minimum Gasteiger partial charge on any atom is -0.497 e. The summed E-state index contributed by atoms with van der Waals surface area (Å²) in [6, 6.07) is 14.2. The molecule has 7 heteroatoms. The molecule has 0 bridgehead atoms. The zero-order valence-electron chi connectivity index (χ0n) is 20.0. The molecule has 178 valence electrons. The number of piperazine rings is 1. The van der Waals surface area contributed by atoms with E-state index in [0.29, 0.717) is 6.54 Å². The predicted octanol–water partition coefficient (Wildman–Crippen LogP) is 3.19. The van der Waals surface area contributed by atoms with Crippen LogP contribution in [-0.4, -0.2) is 81.2 Å². The smallest absolute Gasteiger partial charge is 0.237 e. The number of likely N-dealkylation sites (tertiary alicyclic amines) is 1. The van der Waals surface area contributed by atoms with Gasteiger partial charge in [0.25, 0.3) is 0 Å². The number of hydrogen-bond donors (Lipinski definition) is 0.